The Balaban J connectivity index is 1.55. The van der Waals surface area contributed by atoms with E-state index in [1.807, 2.05) is 47.4 Å². The van der Waals surface area contributed by atoms with Gasteiger partial charge >= 0.3 is 0 Å². The number of carbonyl (C=O) groups is 2. The van der Waals surface area contributed by atoms with E-state index >= 15 is 0 Å². The molecule has 0 saturated heterocycles. The summed E-state index contributed by atoms with van der Waals surface area (Å²) in [6, 6.07) is 23.2. The molecule has 0 bridgehead atoms. The van der Waals surface area contributed by atoms with Crippen molar-refractivity contribution in [1.29, 1.82) is 0 Å². The van der Waals surface area contributed by atoms with Crippen molar-refractivity contribution in [3.05, 3.63) is 106 Å². The molecule has 5 rings (SSSR count). The number of benzene rings is 3. The van der Waals surface area contributed by atoms with Gasteiger partial charge in [0.15, 0.2) is 0 Å². The second-order valence-electron chi connectivity index (χ2n) is 7.46. The summed E-state index contributed by atoms with van der Waals surface area (Å²) in [4.78, 5) is 31.4. The van der Waals surface area contributed by atoms with Crippen LogP contribution in [-0.2, 0) is 22.6 Å². The molecular formula is C25H19FN2O2S. The Hall–Kier alpha value is -3.38. The highest BCUT2D eigenvalue weighted by Crippen LogP contribution is 2.40. The first kappa shape index (κ1) is 19.6. The van der Waals surface area contributed by atoms with Crippen molar-refractivity contribution in [3.63, 3.8) is 0 Å². The Morgan fingerprint density at radius 3 is 2.19 bits per heavy atom. The fourth-order valence-electron chi connectivity index (χ4n) is 3.99. The van der Waals surface area contributed by atoms with E-state index in [0.29, 0.717) is 29.4 Å². The van der Waals surface area contributed by atoms with Crippen LogP contribution in [0, 0.1) is 5.82 Å². The lowest BCUT2D eigenvalue weighted by Crippen LogP contribution is -2.37. The molecule has 0 spiro atoms. The second-order valence-corrected chi connectivity index (χ2v) is 8.54. The van der Waals surface area contributed by atoms with Gasteiger partial charge in [0.05, 0.1) is 5.69 Å². The van der Waals surface area contributed by atoms with Gasteiger partial charge < -0.3 is 4.90 Å². The molecule has 2 heterocycles. The van der Waals surface area contributed by atoms with Crippen LogP contribution in [0.2, 0.25) is 0 Å². The van der Waals surface area contributed by atoms with Crippen molar-refractivity contribution >= 4 is 29.3 Å². The van der Waals surface area contributed by atoms with Crippen LogP contribution in [0.25, 0.3) is 0 Å². The van der Waals surface area contributed by atoms with Gasteiger partial charge in [-0.15, -0.1) is 0 Å². The standard InChI is InChI=1S/C25H19FN2O2S/c26-19-10-12-20(13-11-19)28-24(29)22(23(25(28)30)31-21-8-2-1-3-9-21)27-15-14-17-6-4-5-7-18(17)16-27/h1-13H,14-16H2. The highest BCUT2D eigenvalue weighted by Gasteiger charge is 2.43. The monoisotopic (exact) mass is 430 g/mol. The SMILES string of the molecule is O=C1C(Sc2ccccc2)=C(N2CCc3ccccc3C2)C(=O)N1c1ccc(F)cc1. The molecule has 2 aliphatic rings. The minimum Gasteiger partial charge on any atom is -0.361 e. The number of rotatable bonds is 4. The normalized spacial score (nSPS) is 16.2. The lowest BCUT2D eigenvalue weighted by molar-refractivity contribution is -0.121. The Bertz CT molecular complexity index is 1190. The third kappa shape index (κ3) is 3.64. The summed E-state index contributed by atoms with van der Waals surface area (Å²) < 4.78 is 13.4. The summed E-state index contributed by atoms with van der Waals surface area (Å²) >= 11 is 1.30. The van der Waals surface area contributed by atoms with Gasteiger partial charge in [-0.25, -0.2) is 9.29 Å². The van der Waals surface area contributed by atoms with E-state index in [9.17, 15) is 14.0 Å². The van der Waals surface area contributed by atoms with E-state index in [2.05, 4.69) is 12.1 Å². The van der Waals surface area contributed by atoms with Gasteiger partial charge in [0.1, 0.15) is 16.4 Å². The number of amides is 2. The van der Waals surface area contributed by atoms with Crippen LogP contribution in [0.5, 0.6) is 0 Å². The molecule has 0 radical (unpaired) electrons. The molecule has 0 saturated carbocycles. The number of nitrogens with zero attached hydrogens (tertiary/aromatic N) is 2. The Morgan fingerprint density at radius 1 is 0.774 bits per heavy atom. The average Bonchev–Trinajstić information content (AvgIpc) is 3.04. The van der Waals surface area contributed by atoms with Crippen molar-refractivity contribution in [2.24, 2.45) is 0 Å². The van der Waals surface area contributed by atoms with Crippen LogP contribution >= 0.6 is 11.8 Å². The lowest BCUT2D eigenvalue weighted by atomic mass is 9.99. The van der Waals surface area contributed by atoms with Gasteiger partial charge in [0.2, 0.25) is 0 Å². The van der Waals surface area contributed by atoms with Crippen LogP contribution in [-0.4, -0.2) is 23.3 Å². The number of hydrogen-bond acceptors (Lipinski definition) is 4. The molecule has 0 aromatic heterocycles. The summed E-state index contributed by atoms with van der Waals surface area (Å²) in [6.45, 7) is 1.22. The van der Waals surface area contributed by atoms with Crippen molar-refractivity contribution in [1.82, 2.24) is 4.90 Å². The predicted octanol–water partition coefficient (Wildman–Crippen LogP) is 4.76. The number of thioether (sulfide) groups is 1. The summed E-state index contributed by atoms with van der Waals surface area (Å²) in [5.74, 6) is -1.16. The predicted molar refractivity (Wildman–Crippen MR) is 119 cm³/mol. The van der Waals surface area contributed by atoms with Crippen molar-refractivity contribution < 1.29 is 14.0 Å². The first-order chi connectivity index (χ1) is 15.1. The molecule has 0 fully saturated rings. The smallest absolute Gasteiger partial charge is 0.283 e. The van der Waals surface area contributed by atoms with Gasteiger partial charge in [0, 0.05) is 18.0 Å². The van der Waals surface area contributed by atoms with Gasteiger partial charge in [-0.05, 0) is 53.9 Å². The Kier molecular flexibility index (Phi) is 5.08. The van der Waals surface area contributed by atoms with Crippen LogP contribution in [0.15, 0.2) is 94.4 Å². The minimum absolute atomic E-state index is 0.366. The van der Waals surface area contributed by atoms with E-state index in [0.717, 1.165) is 21.8 Å². The highest BCUT2D eigenvalue weighted by atomic mass is 32.2. The lowest BCUT2D eigenvalue weighted by Gasteiger charge is -2.31. The molecule has 3 aromatic rings. The van der Waals surface area contributed by atoms with Crippen molar-refractivity contribution in [3.8, 4) is 0 Å². The van der Waals surface area contributed by atoms with E-state index in [1.54, 1.807) is 0 Å². The van der Waals surface area contributed by atoms with E-state index < -0.39 is 5.82 Å². The number of fused-ring (bicyclic) bond motifs is 1. The maximum Gasteiger partial charge on any atom is 0.283 e. The average molecular weight is 431 g/mol. The molecule has 0 N–H and O–H groups in total. The topological polar surface area (TPSA) is 40.6 Å². The molecule has 154 valence electrons. The number of anilines is 1. The Labute approximate surface area is 184 Å². The molecule has 2 aliphatic heterocycles. The summed E-state index contributed by atoms with van der Waals surface area (Å²) in [7, 11) is 0. The molecular weight excluding hydrogens is 411 g/mol. The zero-order chi connectivity index (χ0) is 21.4. The van der Waals surface area contributed by atoms with Gasteiger partial charge in [-0.1, -0.05) is 54.2 Å². The number of carbonyl (C=O) groups excluding carboxylic acids is 2. The third-order valence-corrected chi connectivity index (χ3v) is 6.59. The van der Waals surface area contributed by atoms with Crippen LogP contribution in [0.3, 0.4) is 0 Å². The van der Waals surface area contributed by atoms with E-state index in [4.69, 9.17) is 0 Å². The maximum atomic E-state index is 13.5. The van der Waals surface area contributed by atoms with Crippen molar-refractivity contribution in [2.45, 2.75) is 17.9 Å². The quantitative estimate of drug-likeness (QED) is 0.560. The summed E-state index contributed by atoms with van der Waals surface area (Å²) in [6.07, 6.45) is 0.807. The number of imide groups is 1. The van der Waals surface area contributed by atoms with Crippen LogP contribution in [0.4, 0.5) is 10.1 Å². The van der Waals surface area contributed by atoms with E-state index in [-0.39, 0.29) is 11.8 Å². The fourth-order valence-corrected chi connectivity index (χ4v) is 5.01. The van der Waals surface area contributed by atoms with Gasteiger partial charge in [0.25, 0.3) is 11.8 Å². The molecule has 31 heavy (non-hydrogen) atoms. The number of hydrogen-bond donors (Lipinski definition) is 0. The fraction of sp³-hybridized carbons (Fsp3) is 0.120. The van der Waals surface area contributed by atoms with Crippen LogP contribution < -0.4 is 4.90 Å². The summed E-state index contributed by atoms with van der Waals surface area (Å²) in [5, 5.41) is 0. The maximum absolute atomic E-state index is 13.5. The zero-order valence-electron chi connectivity index (χ0n) is 16.6. The summed E-state index contributed by atoms with van der Waals surface area (Å²) in [5.41, 5.74) is 3.21. The molecule has 0 atom stereocenters. The third-order valence-electron chi connectivity index (χ3n) is 5.51. The minimum atomic E-state index is -0.414. The molecule has 4 nitrogen and oxygen atoms in total. The van der Waals surface area contributed by atoms with Crippen molar-refractivity contribution in [2.75, 3.05) is 11.4 Å². The second kappa shape index (κ2) is 8.04. The van der Waals surface area contributed by atoms with Crippen LogP contribution in [0.1, 0.15) is 11.1 Å². The molecule has 0 unspecified atom stereocenters. The van der Waals surface area contributed by atoms with Gasteiger partial charge in [-0.2, -0.15) is 0 Å². The highest BCUT2D eigenvalue weighted by molar-refractivity contribution is 8.04. The molecule has 3 aromatic carbocycles. The zero-order valence-corrected chi connectivity index (χ0v) is 17.4. The molecule has 2 amide bonds. The molecule has 6 heteroatoms. The Morgan fingerprint density at radius 2 is 1.45 bits per heavy atom. The van der Waals surface area contributed by atoms with E-state index in [1.165, 1.54) is 41.6 Å². The van der Waals surface area contributed by atoms with Gasteiger partial charge in [-0.3, -0.25) is 9.59 Å². The first-order valence-corrected chi connectivity index (χ1v) is 10.9. The number of halogens is 1. The molecule has 0 aliphatic carbocycles. The first-order valence-electron chi connectivity index (χ1n) is 10.0. The largest absolute Gasteiger partial charge is 0.361 e.